The lowest BCUT2D eigenvalue weighted by atomic mass is 10.1. The lowest BCUT2D eigenvalue weighted by Crippen LogP contribution is -2.26. The highest BCUT2D eigenvalue weighted by molar-refractivity contribution is 7.80. The third-order valence-electron chi connectivity index (χ3n) is 2.25. The van der Waals surface area contributed by atoms with E-state index in [1.165, 1.54) is 6.07 Å². The highest BCUT2D eigenvalue weighted by Crippen LogP contribution is 2.22. The fraction of sp³-hybridized carbons (Fsp3) is 0.308. The van der Waals surface area contributed by atoms with Gasteiger partial charge in [-0.1, -0.05) is 19.9 Å². The third kappa shape index (κ3) is 4.51. The number of nitrogens with two attached hydrogens (primary N) is 1. The number of nitrogens with zero attached hydrogens (tertiary/aromatic N) is 1. The van der Waals surface area contributed by atoms with Gasteiger partial charge in [-0.2, -0.15) is 0 Å². The summed E-state index contributed by atoms with van der Waals surface area (Å²) in [4.78, 5) is 10.8. The van der Waals surface area contributed by atoms with E-state index in [2.05, 4.69) is 22.7 Å². The van der Waals surface area contributed by atoms with E-state index in [4.69, 9.17) is 10.5 Å². The van der Waals surface area contributed by atoms with E-state index in [1.807, 2.05) is 13.8 Å². The molecule has 0 radical (unpaired) electrons. The molecule has 1 aromatic rings. The van der Waals surface area contributed by atoms with E-state index in [0.29, 0.717) is 18.5 Å². The highest BCUT2D eigenvalue weighted by atomic mass is 32.1. The summed E-state index contributed by atoms with van der Waals surface area (Å²) < 4.78 is 5.52. The van der Waals surface area contributed by atoms with E-state index >= 15 is 0 Å². The fourth-order valence-corrected chi connectivity index (χ4v) is 1.40. The van der Waals surface area contributed by atoms with Gasteiger partial charge in [0.05, 0.1) is 17.7 Å². The molecule has 0 aliphatic heterocycles. The van der Waals surface area contributed by atoms with Gasteiger partial charge in [-0.15, -0.1) is 5.10 Å². The first-order chi connectivity index (χ1) is 9.45. The summed E-state index contributed by atoms with van der Waals surface area (Å²) in [5.41, 5.74) is 8.16. The van der Waals surface area contributed by atoms with Gasteiger partial charge >= 0.3 is 0 Å². The number of phenols is 1. The molecule has 0 amide bonds. The number of hydrogen-bond donors (Lipinski definition) is 3. The van der Waals surface area contributed by atoms with Gasteiger partial charge < -0.3 is 15.6 Å². The quantitative estimate of drug-likeness (QED) is 0.250. The molecule has 7 heteroatoms. The number of rotatable bonds is 5. The van der Waals surface area contributed by atoms with E-state index in [1.54, 1.807) is 12.1 Å². The van der Waals surface area contributed by atoms with Crippen LogP contribution in [0.4, 0.5) is 0 Å². The summed E-state index contributed by atoms with van der Waals surface area (Å²) in [6.07, 6.45) is 0.555. The fourth-order valence-electron chi connectivity index (χ4n) is 1.35. The van der Waals surface area contributed by atoms with Gasteiger partial charge in [-0.05, 0) is 30.3 Å². The van der Waals surface area contributed by atoms with Crippen molar-refractivity contribution >= 4 is 29.5 Å². The predicted molar refractivity (Wildman–Crippen MR) is 80.7 cm³/mol. The second-order valence-corrected chi connectivity index (χ2v) is 4.90. The van der Waals surface area contributed by atoms with Crippen LogP contribution in [0.5, 0.6) is 5.75 Å². The Morgan fingerprint density at radius 3 is 2.85 bits per heavy atom. The number of phenolic OH excluding ortho intramolecular Hbond substituents is 1. The Morgan fingerprint density at radius 2 is 2.30 bits per heavy atom. The van der Waals surface area contributed by atoms with Crippen LogP contribution in [0.25, 0.3) is 0 Å². The van der Waals surface area contributed by atoms with Crippen molar-refractivity contribution in [1.29, 1.82) is 0 Å². The summed E-state index contributed by atoms with van der Waals surface area (Å²) in [5.74, 6) is 0.184. The Bertz CT molecular complexity index is 530. The van der Waals surface area contributed by atoms with Crippen molar-refractivity contribution in [2.45, 2.75) is 13.8 Å². The van der Waals surface area contributed by atoms with Crippen molar-refractivity contribution in [2.75, 3.05) is 6.61 Å². The van der Waals surface area contributed by atoms with Crippen molar-refractivity contribution < 1.29 is 14.6 Å². The number of hydrazone groups is 1. The molecular formula is C13H17N3O3S. The minimum absolute atomic E-state index is 0.0262. The minimum Gasteiger partial charge on any atom is -0.506 e. The number of benzene rings is 1. The molecule has 0 heterocycles. The second kappa shape index (κ2) is 7.44. The average molecular weight is 295 g/mol. The van der Waals surface area contributed by atoms with Crippen molar-refractivity contribution in [2.24, 2.45) is 16.8 Å². The number of nitrogens with one attached hydrogen (secondary N) is 1. The van der Waals surface area contributed by atoms with Crippen LogP contribution >= 0.6 is 12.2 Å². The summed E-state index contributed by atoms with van der Waals surface area (Å²) in [6, 6.07) is 4.70. The van der Waals surface area contributed by atoms with Gasteiger partial charge in [0.25, 0.3) is 0 Å². The van der Waals surface area contributed by atoms with Crippen LogP contribution in [-0.2, 0) is 4.74 Å². The summed E-state index contributed by atoms with van der Waals surface area (Å²) in [7, 11) is 0. The maximum Gasteiger partial charge on any atom is 0.242 e. The Morgan fingerprint density at radius 1 is 1.60 bits per heavy atom. The number of carbonyl (C=O) groups is 1. The number of carbonyl (C=O) groups excluding carboxylic acids is 1. The molecule has 0 saturated heterocycles. The topological polar surface area (TPSA) is 96.9 Å². The molecular weight excluding hydrogens is 278 g/mol. The van der Waals surface area contributed by atoms with Crippen LogP contribution in [0.2, 0.25) is 0 Å². The number of thiocarbonyl (C=S) groups is 1. The van der Waals surface area contributed by atoms with Crippen molar-refractivity contribution in [3.63, 3.8) is 0 Å². The molecule has 0 unspecified atom stereocenters. The molecule has 108 valence electrons. The molecule has 4 N–H and O–H groups in total. The van der Waals surface area contributed by atoms with Crippen LogP contribution in [-0.4, -0.2) is 29.0 Å². The molecule has 1 rings (SSSR count). The molecule has 0 atom stereocenters. The van der Waals surface area contributed by atoms with E-state index in [9.17, 15) is 9.90 Å². The molecule has 0 bridgehead atoms. The molecule has 0 fully saturated rings. The van der Waals surface area contributed by atoms with Gasteiger partial charge in [0, 0.05) is 0 Å². The van der Waals surface area contributed by atoms with Crippen LogP contribution in [0.3, 0.4) is 0 Å². The average Bonchev–Trinajstić information content (AvgIpc) is 2.39. The zero-order valence-corrected chi connectivity index (χ0v) is 12.1. The third-order valence-corrected chi connectivity index (χ3v) is 2.34. The lowest BCUT2D eigenvalue weighted by Gasteiger charge is -2.13. The zero-order chi connectivity index (χ0) is 15.1. The second-order valence-electron chi connectivity index (χ2n) is 4.46. The van der Waals surface area contributed by atoms with Crippen LogP contribution in [0.15, 0.2) is 23.3 Å². The molecule has 1 aromatic carbocycles. The Labute approximate surface area is 122 Å². The number of para-hydroxylation sites is 1. The molecule has 0 aliphatic rings. The van der Waals surface area contributed by atoms with Crippen molar-refractivity contribution in [3.05, 3.63) is 29.3 Å². The summed E-state index contributed by atoms with van der Waals surface area (Å²) in [5, 5.41) is 13.9. The Balaban J connectivity index is 3.12. The smallest absolute Gasteiger partial charge is 0.242 e. The molecule has 0 aromatic heterocycles. The number of aromatic hydroxyl groups is 1. The zero-order valence-electron chi connectivity index (χ0n) is 11.3. The SMILES string of the molecule is CC(C)COC(=NNC(N)=S)c1cccc(C=O)c1O. The molecule has 20 heavy (non-hydrogen) atoms. The van der Waals surface area contributed by atoms with Gasteiger partial charge in [-0.25, -0.2) is 0 Å². The predicted octanol–water partition coefficient (Wildman–Crippen LogP) is 1.37. The molecule has 0 aliphatic carbocycles. The van der Waals surface area contributed by atoms with E-state index < -0.39 is 0 Å². The Hall–Kier alpha value is -2.15. The highest BCUT2D eigenvalue weighted by Gasteiger charge is 2.14. The molecule has 0 spiro atoms. The van der Waals surface area contributed by atoms with Gasteiger partial charge in [-0.3, -0.25) is 10.2 Å². The number of hydrogen-bond acceptors (Lipinski definition) is 5. The first-order valence-electron chi connectivity index (χ1n) is 5.99. The normalized spacial score (nSPS) is 11.2. The molecule has 6 nitrogen and oxygen atoms in total. The minimum atomic E-state index is -0.199. The van der Waals surface area contributed by atoms with E-state index in [0.717, 1.165) is 0 Å². The standard InChI is InChI=1S/C13H17N3O3S/c1-8(2)7-19-12(15-16-13(14)20)10-5-3-4-9(6-17)11(10)18/h3-6,8,18H,7H2,1-2H3,(H3,14,16,20). The number of aldehydes is 1. The van der Waals surface area contributed by atoms with Crippen LogP contribution in [0, 0.1) is 5.92 Å². The Kier molecular flexibility index (Phi) is 5.92. The van der Waals surface area contributed by atoms with Crippen LogP contribution < -0.4 is 11.2 Å². The summed E-state index contributed by atoms with van der Waals surface area (Å²) >= 11 is 4.67. The van der Waals surface area contributed by atoms with Crippen LogP contribution in [0.1, 0.15) is 29.8 Å². The van der Waals surface area contributed by atoms with Crippen molar-refractivity contribution in [1.82, 2.24) is 5.43 Å². The lowest BCUT2D eigenvalue weighted by molar-refractivity contribution is 0.112. The maximum atomic E-state index is 10.8. The first kappa shape index (κ1) is 15.9. The van der Waals surface area contributed by atoms with Gasteiger partial charge in [0.2, 0.25) is 5.90 Å². The first-order valence-corrected chi connectivity index (χ1v) is 6.40. The molecule has 0 saturated carbocycles. The summed E-state index contributed by atoms with van der Waals surface area (Å²) in [6.45, 7) is 4.34. The van der Waals surface area contributed by atoms with Gasteiger partial charge in [0.15, 0.2) is 11.4 Å². The maximum absolute atomic E-state index is 10.8. The monoisotopic (exact) mass is 295 g/mol. The van der Waals surface area contributed by atoms with Crippen molar-refractivity contribution in [3.8, 4) is 5.75 Å². The van der Waals surface area contributed by atoms with E-state index in [-0.39, 0.29) is 28.2 Å². The largest absolute Gasteiger partial charge is 0.506 e. The number of ether oxygens (including phenoxy) is 1. The van der Waals surface area contributed by atoms with Gasteiger partial charge in [0.1, 0.15) is 5.75 Å².